The van der Waals surface area contributed by atoms with E-state index in [9.17, 15) is 9.59 Å². The molecule has 94 valence electrons. The van der Waals surface area contributed by atoms with Crippen molar-refractivity contribution in [2.45, 2.75) is 32.6 Å². The van der Waals surface area contributed by atoms with Gasteiger partial charge < -0.3 is 10.2 Å². The molecule has 0 saturated heterocycles. The Kier molecular flexibility index (Phi) is 8.37. The monoisotopic (exact) mass is 238 g/mol. The highest BCUT2D eigenvalue weighted by Crippen LogP contribution is 1.98. The normalized spacial score (nSPS) is 9.00. The Bertz CT molecular complexity index is 333. The van der Waals surface area contributed by atoms with E-state index in [2.05, 4.69) is 0 Å². The first-order valence-corrected chi connectivity index (χ1v) is 5.53. The molecule has 0 fully saturated rings. The first-order chi connectivity index (χ1) is 8.06. The lowest BCUT2D eigenvalue weighted by atomic mass is 10.2. The van der Waals surface area contributed by atoms with Crippen molar-refractivity contribution in [3.05, 3.63) is 35.9 Å². The fraction of sp³-hybridized carbons (Fsp3) is 0.385. The standard InChI is InChI=1S/C8H8O2.C5H10O2/c9-8(10)6-7-4-2-1-3-5-7;1-2-3-4-5(6)7/h1-5H,6H2,(H,9,10);2-4H2,1H3,(H,6,7). The lowest BCUT2D eigenvalue weighted by Gasteiger charge is -1.92. The van der Waals surface area contributed by atoms with Crippen LogP contribution in [-0.2, 0) is 16.0 Å². The van der Waals surface area contributed by atoms with Crippen LogP contribution in [0.2, 0.25) is 0 Å². The number of aliphatic carboxylic acids is 2. The Hall–Kier alpha value is -1.84. The molecule has 0 unspecified atom stereocenters. The van der Waals surface area contributed by atoms with Crippen molar-refractivity contribution in [2.24, 2.45) is 0 Å². The second kappa shape index (κ2) is 9.39. The Morgan fingerprint density at radius 2 is 1.65 bits per heavy atom. The zero-order valence-corrected chi connectivity index (χ0v) is 9.93. The Morgan fingerprint density at radius 3 is 2.00 bits per heavy atom. The van der Waals surface area contributed by atoms with Crippen LogP contribution >= 0.6 is 0 Å². The first-order valence-electron chi connectivity index (χ1n) is 5.53. The van der Waals surface area contributed by atoms with Crippen LogP contribution in [0.25, 0.3) is 0 Å². The summed E-state index contributed by atoms with van der Waals surface area (Å²) < 4.78 is 0. The molecule has 17 heavy (non-hydrogen) atoms. The van der Waals surface area contributed by atoms with Crippen molar-refractivity contribution in [3.63, 3.8) is 0 Å². The van der Waals surface area contributed by atoms with Crippen LogP contribution in [0, 0.1) is 0 Å². The fourth-order valence-electron chi connectivity index (χ4n) is 1.10. The molecule has 0 spiro atoms. The van der Waals surface area contributed by atoms with Crippen molar-refractivity contribution in [3.8, 4) is 0 Å². The molecule has 0 bridgehead atoms. The SMILES string of the molecule is CCCCC(=O)O.O=C(O)Cc1ccccc1. The van der Waals surface area contributed by atoms with Crippen LogP contribution in [0.3, 0.4) is 0 Å². The minimum atomic E-state index is -0.786. The van der Waals surface area contributed by atoms with Gasteiger partial charge in [0, 0.05) is 6.42 Å². The Labute approximate surface area is 101 Å². The third-order valence-corrected chi connectivity index (χ3v) is 1.94. The van der Waals surface area contributed by atoms with Gasteiger partial charge in [0.15, 0.2) is 0 Å². The molecule has 1 rings (SSSR count). The number of unbranched alkanes of at least 4 members (excludes halogenated alkanes) is 1. The topological polar surface area (TPSA) is 74.6 Å². The number of carbonyl (C=O) groups is 2. The van der Waals surface area contributed by atoms with Crippen molar-refractivity contribution < 1.29 is 19.8 Å². The minimum Gasteiger partial charge on any atom is -0.481 e. The van der Waals surface area contributed by atoms with Crippen molar-refractivity contribution in [2.75, 3.05) is 0 Å². The number of carboxylic acids is 2. The van der Waals surface area contributed by atoms with E-state index in [-0.39, 0.29) is 6.42 Å². The Morgan fingerprint density at radius 1 is 1.06 bits per heavy atom. The highest BCUT2D eigenvalue weighted by Gasteiger charge is 1.96. The maximum atomic E-state index is 10.2. The van der Waals surface area contributed by atoms with Gasteiger partial charge in [-0.3, -0.25) is 9.59 Å². The maximum Gasteiger partial charge on any atom is 0.307 e. The molecule has 1 aromatic rings. The summed E-state index contributed by atoms with van der Waals surface area (Å²) in [4.78, 5) is 19.9. The molecule has 1 aromatic carbocycles. The second-order valence-corrected chi connectivity index (χ2v) is 3.55. The lowest BCUT2D eigenvalue weighted by Crippen LogP contribution is -1.98. The van der Waals surface area contributed by atoms with Gasteiger partial charge in [-0.2, -0.15) is 0 Å². The molecule has 4 nitrogen and oxygen atoms in total. The molecule has 4 heteroatoms. The number of benzene rings is 1. The van der Waals surface area contributed by atoms with Gasteiger partial charge in [-0.25, -0.2) is 0 Å². The summed E-state index contributed by atoms with van der Waals surface area (Å²) >= 11 is 0. The van der Waals surface area contributed by atoms with Crippen LogP contribution < -0.4 is 0 Å². The molecule has 0 aliphatic heterocycles. The smallest absolute Gasteiger partial charge is 0.307 e. The minimum absolute atomic E-state index is 0.112. The molecule has 0 aromatic heterocycles. The van der Waals surface area contributed by atoms with Crippen LogP contribution in [-0.4, -0.2) is 22.2 Å². The molecule has 2 N–H and O–H groups in total. The molecular formula is C13H18O4. The predicted molar refractivity (Wildman–Crippen MR) is 64.9 cm³/mol. The van der Waals surface area contributed by atoms with Gasteiger partial charge in [0.25, 0.3) is 0 Å². The van der Waals surface area contributed by atoms with E-state index in [0.29, 0.717) is 6.42 Å². The summed E-state index contributed by atoms with van der Waals surface area (Å²) in [5.74, 6) is -1.48. The quantitative estimate of drug-likeness (QED) is 0.826. The van der Waals surface area contributed by atoms with E-state index in [1.807, 2.05) is 25.1 Å². The molecule has 0 amide bonds. The number of carboxylic acid groups (broad SMARTS) is 2. The van der Waals surface area contributed by atoms with Gasteiger partial charge in [0.05, 0.1) is 6.42 Å². The highest BCUT2D eigenvalue weighted by molar-refractivity contribution is 5.70. The van der Waals surface area contributed by atoms with Crippen LogP contribution in [0.5, 0.6) is 0 Å². The molecule has 0 radical (unpaired) electrons. The first kappa shape index (κ1) is 15.2. The summed E-state index contributed by atoms with van der Waals surface area (Å²) in [7, 11) is 0. The van der Waals surface area contributed by atoms with E-state index in [4.69, 9.17) is 10.2 Å². The van der Waals surface area contributed by atoms with E-state index < -0.39 is 11.9 Å². The average molecular weight is 238 g/mol. The van der Waals surface area contributed by atoms with Gasteiger partial charge in [0.1, 0.15) is 0 Å². The van der Waals surface area contributed by atoms with E-state index in [1.165, 1.54) is 0 Å². The average Bonchev–Trinajstić information content (AvgIpc) is 2.27. The van der Waals surface area contributed by atoms with Crippen molar-refractivity contribution in [1.29, 1.82) is 0 Å². The van der Waals surface area contributed by atoms with Crippen LogP contribution in [0.4, 0.5) is 0 Å². The number of hydrogen-bond acceptors (Lipinski definition) is 2. The molecule has 0 aliphatic rings. The molecule has 0 heterocycles. The largest absolute Gasteiger partial charge is 0.481 e. The molecule has 0 aliphatic carbocycles. The zero-order valence-electron chi connectivity index (χ0n) is 9.93. The van der Waals surface area contributed by atoms with Gasteiger partial charge in [0.2, 0.25) is 0 Å². The van der Waals surface area contributed by atoms with Crippen molar-refractivity contribution >= 4 is 11.9 Å². The molecular weight excluding hydrogens is 220 g/mol. The van der Waals surface area contributed by atoms with E-state index in [1.54, 1.807) is 12.1 Å². The third-order valence-electron chi connectivity index (χ3n) is 1.94. The zero-order chi connectivity index (χ0) is 13.1. The summed E-state index contributed by atoms with van der Waals surface area (Å²) in [6.07, 6.45) is 2.19. The van der Waals surface area contributed by atoms with Crippen molar-refractivity contribution in [1.82, 2.24) is 0 Å². The van der Waals surface area contributed by atoms with E-state index >= 15 is 0 Å². The second-order valence-electron chi connectivity index (χ2n) is 3.55. The van der Waals surface area contributed by atoms with Crippen LogP contribution in [0.15, 0.2) is 30.3 Å². The maximum absolute atomic E-state index is 10.2. The van der Waals surface area contributed by atoms with Gasteiger partial charge in [-0.15, -0.1) is 0 Å². The summed E-state index contributed by atoms with van der Waals surface area (Å²) in [6.45, 7) is 1.98. The summed E-state index contributed by atoms with van der Waals surface area (Å²) in [5, 5.41) is 16.4. The highest BCUT2D eigenvalue weighted by atomic mass is 16.4. The van der Waals surface area contributed by atoms with Gasteiger partial charge in [-0.1, -0.05) is 43.7 Å². The third kappa shape index (κ3) is 10.4. The Balaban J connectivity index is 0.000000325. The predicted octanol–water partition coefficient (Wildman–Crippen LogP) is 2.57. The van der Waals surface area contributed by atoms with E-state index in [0.717, 1.165) is 18.4 Å². The summed E-state index contributed by atoms with van der Waals surface area (Å²) in [6, 6.07) is 9.13. The molecule has 0 saturated carbocycles. The number of hydrogen-bond donors (Lipinski definition) is 2. The number of rotatable bonds is 5. The summed E-state index contributed by atoms with van der Waals surface area (Å²) in [5.41, 5.74) is 0.843. The lowest BCUT2D eigenvalue weighted by molar-refractivity contribution is -0.137. The fourth-order valence-corrected chi connectivity index (χ4v) is 1.10. The van der Waals surface area contributed by atoms with Gasteiger partial charge in [-0.05, 0) is 12.0 Å². The van der Waals surface area contributed by atoms with Crippen LogP contribution in [0.1, 0.15) is 31.7 Å². The van der Waals surface area contributed by atoms with Gasteiger partial charge >= 0.3 is 11.9 Å². The molecule has 0 atom stereocenters.